The van der Waals surface area contributed by atoms with E-state index in [0.29, 0.717) is 12.5 Å². The summed E-state index contributed by atoms with van der Waals surface area (Å²) in [5, 5.41) is 14.3. The van der Waals surface area contributed by atoms with E-state index >= 15 is 0 Å². The molecule has 1 aromatic heterocycles. The number of carboxylic acids is 1. The van der Waals surface area contributed by atoms with Crippen LogP contribution in [0.5, 0.6) is 0 Å². The molecule has 1 fully saturated rings. The van der Waals surface area contributed by atoms with Crippen molar-refractivity contribution < 1.29 is 9.90 Å². The minimum absolute atomic E-state index is 0.427. The van der Waals surface area contributed by atoms with Gasteiger partial charge >= 0.3 is 5.97 Å². The van der Waals surface area contributed by atoms with Crippen LogP contribution in [0, 0.1) is 5.41 Å². The molecular weight excluding hydrogens is 252 g/mol. The Morgan fingerprint density at radius 2 is 2.00 bits per heavy atom. The van der Waals surface area contributed by atoms with Gasteiger partial charge in [0.2, 0.25) is 0 Å². The standard InChI is InChI=1S/C16H26N2O2/c1-3-14(4-2)18-11-8-13(17-18)12-16(15(19)20)9-6-5-7-10-16/h8,11,14H,3-7,9-10,12H2,1-2H3,(H,19,20). The zero-order valence-corrected chi connectivity index (χ0v) is 12.6. The molecule has 0 saturated heterocycles. The predicted molar refractivity (Wildman–Crippen MR) is 78.7 cm³/mol. The van der Waals surface area contributed by atoms with Crippen LogP contribution in [0.4, 0.5) is 0 Å². The Balaban J connectivity index is 2.13. The van der Waals surface area contributed by atoms with Crippen molar-refractivity contribution in [2.75, 3.05) is 0 Å². The Morgan fingerprint density at radius 3 is 2.55 bits per heavy atom. The summed E-state index contributed by atoms with van der Waals surface area (Å²) in [6.45, 7) is 4.32. The van der Waals surface area contributed by atoms with Crippen LogP contribution in [0.1, 0.15) is 70.5 Å². The lowest BCUT2D eigenvalue weighted by molar-refractivity contribution is -0.151. The van der Waals surface area contributed by atoms with Gasteiger partial charge in [-0.05, 0) is 31.7 Å². The molecule has 0 unspecified atom stereocenters. The maximum Gasteiger partial charge on any atom is 0.310 e. The molecule has 0 radical (unpaired) electrons. The van der Waals surface area contributed by atoms with Gasteiger partial charge in [0.25, 0.3) is 0 Å². The first kappa shape index (κ1) is 15.1. The van der Waals surface area contributed by atoms with Gasteiger partial charge in [0.05, 0.1) is 17.2 Å². The van der Waals surface area contributed by atoms with Gasteiger partial charge < -0.3 is 5.11 Å². The van der Waals surface area contributed by atoms with Gasteiger partial charge in [-0.25, -0.2) is 0 Å². The summed E-state index contributed by atoms with van der Waals surface area (Å²) in [6, 6.07) is 2.42. The van der Waals surface area contributed by atoms with E-state index in [1.165, 1.54) is 0 Å². The van der Waals surface area contributed by atoms with E-state index in [-0.39, 0.29) is 0 Å². The highest BCUT2D eigenvalue weighted by Crippen LogP contribution is 2.39. The summed E-state index contributed by atoms with van der Waals surface area (Å²) in [5.74, 6) is -0.644. The monoisotopic (exact) mass is 278 g/mol. The van der Waals surface area contributed by atoms with E-state index in [0.717, 1.165) is 50.6 Å². The zero-order chi connectivity index (χ0) is 14.6. The van der Waals surface area contributed by atoms with Crippen molar-refractivity contribution in [1.82, 2.24) is 9.78 Å². The second-order valence-corrected chi connectivity index (χ2v) is 6.08. The number of rotatable bonds is 6. The van der Waals surface area contributed by atoms with Gasteiger partial charge in [-0.15, -0.1) is 0 Å². The van der Waals surface area contributed by atoms with E-state index in [9.17, 15) is 9.90 Å². The van der Waals surface area contributed by atoms with Crippen molar-refractivity contribution in [2.24, 2.45) is 5.41 Å². The number of aromatic nitrogens is 2. The molecule has 1 heterocycles. The normalized spacial score (nSPS) is 18.4. The number of hydrogen-bond donors (Lipinski definition) is 1. The highest BCUT2D eigenvalue weighted by molar-refractivity contribution is 5.75. The minimum atomic E-state index is -0.644. The molecule has 0 spiro atoms. The Hall–Kier alpha value is -1.32. The highest BCUT2D eigenvalue weighted by atomic mass is 16.4. The fourth-order valence-electron chi connectivity index (χ4n) is 3.38. The minimum Gasteiger partial charge on any atom is -0.481 e. The maximum atomic E-state index is 11.7. The molecular formula is C16H26N2O2. The number of hydrogen-bond acceptors (Lipinski definition) is 2. The molecule has 0 aromatic carbocycles. The highest BCUT2D eigenvalue weighted by Gasteiger charge is 2.40. The van der Waals surface area contributed by atoms with Gasteiger partial charge in [0.1, 0.15) is 0 Å². The van der Waals surface area contributed by atoms with E-state index in [1.807, 2.05) is 16.9 Å². The van der Waals surface area contributed by atoms with Crippen LogP contribution < -0.4 is 0 Å². The number of aliphatic carboxylic acids is 1. The van der Waals surface area contributed by atoms with Crippen molar-refractivity contribution in [2.45, 2.75) is 71.3 Å². The average Bonchev–Trinajstić information content (AvgIpc) is 2.89. The molecule has 0 aliphatic heterocycles. The largest absolute Gasteiger partial charge is 0.481 e. The quantitative estimate of drug-likeness (QED) is 0.860. The lowest BCUT2D eigenvalue weighted by atomic mass is 9.71. The third-order valence-electron chi connectivity index (χ3n) is 4.76. The Morgan fingerprint density at radius 1 is 1.35 bits per heavy atom. The van der Waals surface area contributed by atoms with Crippen LogP contribution in [0.3, 0.4) is 0 Å². The van der Waals surface area contributed by atoms with Crippen molar-refractivity contribution in [1.29, 1.82) is 0 Å². The molecule has 0 amide bonds. The fraction of sp³-hybridized carbons (Fsp3) is 0.750. The van der Waals surface area contributed by atoms with Crippen molar-refractivity contribution >= 4 is 5.97 Å². The van der Waals surface area contributed by atoms with Crippen LogP contribution >= 0.6 is 0 Å². The van der Waals surface area contributed by atoms with Crippen molar-refractivity contribution in [3.63, 3.8) is 0 Å². The molecule has 20 heavy (non-hydrogen) atoms. The second-order valence-electron chi connectivity index (χ2n) is 6.08. The molecule has 112 valence electrons. The fourth-order valence-corrected chi connectivity index (χ4v) is 3.38. The lowest BCUT2D eigenvalue weighted by Gasteiger charge is -2.32. The molecule has 1 aliphatic carbocycles. The summed E-state index contributed by atoms with van der Waals surface area (Å²) in [6.07, 6.45) is 9.50. The molecule has 0 atom stereocenters. The van der Waals surface area contributed by atoms with Gasteiger partial charge in [-0.2, -0.15) is 5.10 Å². The van der Waals surface area contributed by atoms with Crippen molar-refractivity contribution in [3.05, 3.63) is 18.0 Å². The molecule has 1 aromatic rings. The second kappa shape index (κ2) is 6.42. The summed E-state index contributed by atoms with van der Waals surface area (Å²) in [5.41, 5.74) is 0.354. The first-order valence-corrected chi connectivity index (χ1v) is 7.88. The average molecular weight is 278 g/mol. The van der Waals surface area contributed by atoms with Gasteiger partial charge in [-0.1, -0.05) is 33.1 Å². The number of nitrogens with zero attached hydrogens (tertiary/aromatic N) is 2. The molecule has 4 heteroatoms. The SMILES string of the molecule is CCC(CC)n1ccc(CC2(C(=O)O)CCCCC2)n1. The third-order valence-corrected chi connectivity index (χ3v) is 4.76. The van der Waals surface area contributed by atoms with Crippen molar-refractivity contribution in [3.8, 4) is 0 Å². The first-order valence-electron chi connectivity index (χ1n) is 7.88. The van der Waals surface area contributed by atoms with E-state index in [2.05, 4.69) is 18.9 Å². The lowest BCUT2D eigenvalue weighted by Crippen LogP contribution is -2.35. The molecule has 1 N–H and O–H groups in total. The zero-order valence-electron chi connectivity index (χ0n) is 12.6. The number of carbonyl (C=O) groups is 1. The van der Waals surface area contributed by atoms with Crippen LogP contribution in [0.15, 0.2) is 12.3 Å². The van der Waals surface area contributed by atoms with E-state index in [4.69, 9.17) is 0 Å². The summed E-state index contributed by atoms with van der Waals surface area (Å²) >= 11 is 0. The first-order chi connectivity index (χ1) is 9.61. The Kier molecular flexibility index (Phi) is 4.84. The molecule has 4 nitrogen and oxygen atoms in total. The molecule has 1 saturated carbocycles. The molecule has 0 bridgehead atoms. The third kappa shape index (κ3) is 3.05. The topological polar surface area (TPSA) is 55.1 Å². The Bertz CT molecular complexity index is 443. The van der Waals surface area contributed by atoms with Gasteiger partial charge in [0.15, 0.2) is 0 Å². The van der Waals surface area contributed by atoms with Crippen LogP contribution in [-0.4, -0.2) is 20.9 Å². The summed E-state index contributed by atoms with van der Waals surface area (Å²) in [7, 11) is 0. The van der Waals surface area contributed by atoms with E-state index in [1.54, 1.807) is 0 Å². The number of carboxylic acid groups (broad SMARTS) is 1. The van der Waals surface area contributed by atoms with Gasteiger partial charge in [0, 0.05) is 12.6 Å². The molecule has 2 rings (SSSR count). The van der Waals surface area contributed by atoms with E-state index < -0.39 is 11.4 Å². The predicted octanol–water partition coefficient (Wildman–Crippen LogP) is 3.82. The van der Waals surface area contributed by atoms with Crippen LogP contribution in [0.2, 0.25) is 0 Å². The Labute approximate surface area is 121 Å². The maximum absolute atomic E-state index is 11.7. The van der Waals surface area contributed by atoms with Crippen LogP contribution in [0.25, 0.3) is 0 Å². The molecule has 1 aliphatic rings. The van der Waals surface area contributed by atoms with Gasteiger partial charge in [-0.3, -0.25) is 9.48 Å². The van der Waals surface area contributed by atoms with Crippen LogP contribution in [-0.2, 0) is 11.2 Å². The smallest absolute Gasteiger partial charge is 0.310 e. The summed E-state index contributed by atoms with van der Waals surface area (Å²) < 4.78 is 2.01. The summed E-state index contributed by atoms with van der Waals surface area (Å²) in [4.78, 5) is 11.7.